The monoisotopic (exact) mass is 293 g/mol. The van der Waals surface area contributed by atoms with E-state index in [-0.39, 0.29) is 11.9 Å². The van der Waals surface area contributed by atoms with Crippen molar-refractivity contribution in [2.24, 2.45) is 16.5 Å². The number of aryl methyl sites for hydroxylation is 1. The van der Waals surface area contributed by atoms with Gasteiger partial charge in [-0.1, -0.05) is 36.4 Å². The van der Waals surface area contributed by atoms with E-state index in [1.54, 1.807) is 6.07 Å². The fourth-order valence-corrected chi connectivity index (χ4v) is 3.15. The summed E-state index contributed by atoms with van der Waals surface area (Å²) in [6.07, 6.45) is 3.31. The van der Waals surface area contributed by atoms with Crippen molar-refractivity contribution in [2.75, 3.05) is 0 Å². The van der Waals surface area contributed by atoms with E-state index >= 15 is 0 Å². The maximum absolute atomic E-state index is 12.0. The number of nitrogens with zero attached hydrogens (tertiary/aromatic N) is 1. The first-order valence-electron chi connectivity index (χ1n) is 7.47. The Hall–Kier alpha value is -2.62. The molecule has 0 aromatic heterocycles. The van der Waals surface area contributed by atoms with E-state index in [1.807, 2.05) is 18.2 Å². The highest BCUT2D eigenvalue weighted by molar-refractivity contribution is 6.02. The van der Waals surface area contributed by atoms with E-state index < -0.39 is 0 Å². The summed E-state index contributed by atoms with van der Waals surface area (Å²) in [7, 11) is 0. The summed E-state index contributed by atoms with van der Waals surface area (Å²) in [5.74, 6) is -0.264. The minimum atomic E-state index is -0.389. The van der Waals surface area contributed by atoms with Crippen LogP contribution >= 0.6 is 0 Å². The molecule has 2 aromatic rings. The van der Waals surface area contributed by atoms with Crippen LogP contribution in [0.3, 0.4) is 0 Å². The van der Waals surface area contributed by atoms with E-state index in [4.69, 9.17) is 11.5 Å². The van der Waals surface area contributed by atoms with Crippen molar-refractivity contribution in [3.05, 3.63) is 70.8 Å². The molecule has 0 heterocycles. The van der Waals surface area contributed by atoms with Gasteiger partial charge in [-0.2, -0.15) is 4.99 Å². The molecule has 0 radical (unpaired) electrons. The molecule has 4 N–H and O–H groups in total. The van der Waals surface area contributed by atoms with Gasteiger partial charge in [0.15, 0.2) is 5.96 Å². The molecule has 2 aromatic carbocycles. The van der Waals surface area contributed by atoms with E-state index in [2.05, 4.69) is 29.3 Å². The second-order valence-electron chi connectivity index (χ2n) is 5.61. The van der Waals surface area contributed by atoms with Gasteiger partial charge < -0.3 is 11.5 Å². The third-order valence-corrected chi connectivity index (χ3v) is 4.14. The predicted molar refractivity (Wildman–Crippen MR) is 87.8 cm³/mol. The number of aliphatic imine (C=N–C) groups is 1. The molecule has 1 atom stereocenters. The molecule has 112 valence electrons. The van der Waals surface area contributed by atoms with Gasteiger partial charge in [-0.3, -0.25) is 4.79 Å². The normalized spacial score (nSPS) is 16.6. The van der Waals surface area contributed by atoms with Crippen molar-refractivity contribution >= 4 is 11.9 Å². The van der Waals surface area contributed by atoms with Gasteiger partial charge in [0.25, 0.3) is 5.91 Å². The maximum Gasteiger partial charge on any atom is 0.280 e. The highest BCUT2D eigenvalue weighted by Gasteiger charge is 2.22. The second kappa shape index (κ2) is 6.02. The Bertz CT molecular complexity index is 718. The average molecular weight is 293 g/mol. The number of hydrogen-bond donors (Lipinski definition) is 2. The molecule has 1 aliphatic carbocycles. The second-order valence-corrected chi connectivity index (χ2v) is 5.61. The molecular formula is C18H19N3O. The fourth-order valence-electron chi connectivity index (χ4n) is 3.15. The Balaban J connectivity index is 2.02. The lowest BCUT2D eigenvalue weighted by molar-refractivity contribution is 0.100. The maximum atomic E-state index is 12.0. The van der Waals surface area contributed by atoms with Gasteiger partial charge in [-0.05, 0) is 48.1 Å². The first-order valence-corrected chi connectivity index (χ1v) is 7.47. The number of nitrogens with two attached hydrogens (primary N) is 2. The Kier molecular flexibility index (Phi) is 3.92. The predicted octanol–water partition coefficient (Wildman–Crippen LogP) is 2.57. The van der Waals surface area contributed by atoms with E-state index in [9.17, 15) is 4.79 Å². The summed E-state index contributed by atoms with van der Waals surface area (Å²) in [6, 6.07) is 16.2. The summed E-state index contributed by atoms with van der Waals surface area (Å²) in [4.78, 5) is 15.7. The SMILES string of the molecule is NC(N)=NC(=O)c1ccc2c(c1)C(c1ccccc1)CCC2. The first-order chi connectivity index (χ1) is 10.6. The van der Waals surface area contributed by atoms with Gasteiger partial charge in [0.1, 0.15) is 0 Å². The van der Waals surface area contributed by atoms with E-state index in [1.165, 1.54) is 16.7 Å². The molecule has 0 saturated heterocycles. The lowest BCUT2D eigenvalue weighted by Crippen LogP contribution is -2.24. The Morgan fingerprint density at radius 2 is 1.86 bits per heavy atom. The van der Waals surface area contributed by atoms with E-state index in [0.717, 1.165) is 19.3 Å². The Morgan fingerprint density at radius 3 is 2.59 bits per heavy atom. The van der Waals surface area contributed by atoms with Crippen LogP contribution in [0, 0.1) is 0 Å². The number of carbonyl (C=O) groups is 1. The Morgan fingerprint density at radius 1 is 1.09 bits per heavy atom. The van der Waals surface area contributed by atoms with Crippen molar-refractivity contribution in [1.82, 2.24) is 0 Å². The lowest BCUT2D eigenvalue weighted by atomic mass is 9.78. The van der Waals surface area contributed by atoms with Crippen LogP contribution < -0.4 is 11.5 Å². The topological polar surface area (TPSA) is 81.5 Å². The molecular weight excluding hydrogens is 274 g/mol. The number of benzene rings is 2. The van der Waals surface area contributed by atoms with Gasteiger partial charge in [0.05, 0.1) is 0 Å². The molecule has 0 saturated carbocycles. The lowest BCUT2D eigenvalue weighted by Gasteiger charge is -2.26. The van der Waals surface area contributed by atoms with Crippen LogP contribution in [0.1, 0.15) is 45.8 Å². The van der Waals surface area contributed by atoms with Crippen LogP contribution in [-0.4, -0.2) is 11.9 Å². The van der Waals surface area contributed by atoms with Crippen molar-refractivity contribution in [3.8, 4) is 0 Å². The van der Waals surface area contributed by atoms with E-state index in [0.29, 0.717) is 11.5 Å². The number of carbonyl (C=O) groups excluding carboxylic acids is 1. The number of fused-ring (bicyclic) bond motifs is 1. The number of rotatable bonds is 2. The average Bonchev–Trinajstić information content (AvgIpc) is 2.54. The summed E-state index contributed by atoms with van der Waals surface area (Å²) in [5.41, 5.74) is 14.9. The summed E-state index contributed by atoms with van der Waals surface area (Å²) in [6.45, 7) is 0. The molecule has 1 aliphatic rings. The molecule has 4 nitrogen and oxygen atoms in total. The molecule has 4 heteroatoms. The van der Waals surface area contributed by atoms with Gasteiger partial charge in [-0.15, -0.1) is 0 Å². The zero-order chi connectivity index (χ0) is 15.5. The van der Waals surface area contributed by atoms with Crippen LogP contribution in [-0.2, 0) is 6.42 Å². The van der Waals surface area contributed by atoms with Crippen LogP contribution in [0.2, 0.25) is 0 Å². The molecule has 0 fully saturated rings. The molecule has 1 unspecified atom stereocenters. The standard InChI is InChI=1S/C18H19N3O/c19-18(20)21-17(22)14-10-9-13-7-4-8-15(16(13)11-14)12-5-2-1-3-6-12/h1-3,5-6,9-11,15H,4,7-8H2,(H4,19,20,21,22). The highest BCUT2D eigenvalue weighted by atomic mass is 16.1. The number of amides is 1. The van der Waals surface area contributed by atoms with Crippen LogP contribution in [0.5, 0.6) is 0 Å². The molecule has 1 amide bonds. The molecule has 0 bridgehead atoms. The third kappa shape index (κ3) is 2.86. The first kappa shape index (κ1) is 14.3. The van der Waals surface area contributed by atoms with Crippen LogP contribution in [0.25, 0.3) is 0 Å². The summed E-state index contributed by atoms with van der Waals surface area (Å²) in [5, 5.41) is 0. The fraction of sp³-hybridized carbons (Fsp3) is 0.222. The third-order valence-electron chi connectivity index (χ3n) is 4.14. The van der Waals surface area contributed by atoms with Crippen molar-refractivity contribution in [3.63, 3.8) is 0 Å². The molecule has 0 aliphatic heterocycles. The van der Waals surface area contributed by atoms with Crippen LogP contribution in [0.15, 0.2) is 53.5 Å². The van der Waals surface area contributed by atoms with Crippen LogP contribution in [0.4, 0.5) is 0 Å². The van der Waals surface area contributed by atoms with Gasteiger partial charge in [0, 0.05) is 11.5 Å². The largest absolute Gasteiger partial charge is 0.370 e. The highest BCUT2D eigenvalue weighted by Crippen LogP contribution is 2.37. The molecule has 3 rings (SSSR count). The quantitative estimate of drug-likeness (QED) is 0.659. The minimum Gasteiger partial charge on any atom is -0.370 e. The van der Waals surface area contributed by atoms with Gasteiger partial charge >= 0.3 is 0 Å². The summed E-state index contributed by atoms with van der Waals surface area (Å²) < 4.78 is 0. The van der Waals surface area contributed by atoms with Crippen molar-refractivity contribution < 1.29 is 4.79 Å². The zero-order valence-electron chi connectivity index (χ0n) is 12.3. The van der Waals surface area contributed by atoms with Gasteiger partial charge in [0.2, 0.25) is 0 Å². The minimum absolute atomic E-state index is 0.206. The zero-order valence-corrected chi connectivity index (χ0v) is 12.3. The number of hydrogen-bond acceptors (Lipinski definition) is 1. The summed E-state index contributed by atoms with van der Waals surface area (Å²) >= 11 is 0. The van der Waals surface area contributed by atoms with Gasteiger partial charge in [-0.25, -0.2) is 0 Å². The van der Waals surface area contributed by atoms with Crippen molar-refractivity contribution in [1.29, 1.82) is 0 Å². The number of guanidine groups is 1. The smallest absolute Gasteiger partial charge is 0.280 e. The Labute approximate surface area is 129 Å². The van der Waals surface area contributed by atoms with Crippen molar-refractivity contribution in [2.45, 2.75) is 25.2 Å². The molecule has 0 spiro atoms. The molecule has 22 heavy (non-hydrogen) atoms.